The van der Waals surface area contributed by atoms with E-state index in [2.05, 4.69) is 26.0 Å². The van der Waals surface area contributed by atoms with Gasteiger partial charge in [-0.2, -0.15) is 16.8 Å². The van der Waals surface area contributed by atoms with Crippen LogP contribution in [0.25, 0.3) is 0 Å². The van der Waals surface area contributed by atoms with E-state index in [1.165, 1.54) is 21.0 Å². The molecule has 9 N–H and O–H groups in total. The minimum absolute atomic E-state index is 0.0178. The molecule has 486 valence electrons. The summed E-state index contributed by atoms with van der Waals surface area (Å²) in [6.45, 7) is 15.1. The molecule has 0 aromatic rings. The van der Waals surface area contributed by atoms with E-state index in [1.807, 2.05) is 34.6 Å². The number of fused-ring (bicyclic) bond motifs is 4. The van der Waals surface area contributed by atoms with E-state index in [1.54, 1.807) is 0 Å². The Morgan fingerprint density at radius 3 is 2.01 bits per heavy atom. The molecule has 0 aromatic heterocycles. The first kappa shape index (κ1) is 66.9. The maximum atomic E-state index is 14.7. The summed E-state index contributed by atoms with van der Waals surface area (Å²) < 4.78 is 144. The molecule has 30 heteroatoms. The van der Waals surface area contributed by atoms with Crippen LogP contribution in [0, 0.1) is 39.4 Å². The summed E-state index contributed by atoms with van der Waals surface area (Å²) in [6.07, 6.45) is -24.6. The lowest BCUT2D eigenvalue weighted by molar-refractivity contribution is -0.380. The first-order valence-electron chi connectivity index (χ1n) is 29.0. The van der Waals surface area contributed by atoms with Gasteiger partial charge in [0.2, 0.25) is 0 Å². The van der Waals surface area contributed by atoms with Gasteiger partial charge in [0.1, 0.15) is 85.0 Å². The number of aliphatic hydroxyl groups excluding tert-OH is 7. The number of hydrogen-bond acceptors (Lipinski definition) is 26. The van der Waals surface area contributed by atoms with Crippen molar-refractivity contribution in [1.82, 2.24) is 0 Å². The fraction of sp³-hybridized carbons (Fsp3) is 0.891. The zero-order valence-electron chi connectivity index (χ0n) is 49.3. The Labute approximate surface area is 494 Å². The van der Waals surface area contributed by atoms with E-state index in [0.717, 1.165) is 11.1 Å². The van der Waals surface area contributed by atoms with Crippen LogP contribution in [-0.4, -0.2) is 229 Å². The Balaban J connectivity index is 0.947. The van der Waals surface area contributed by atoms with Gasteiger partial charge in [0.15, 0.2) is 31.3 Å². The predicted octanol–water partition coefficient (Wildman–Crippen LogP) is 0.447. The second-order valence-corrected chi connectivity index (χ2v) is 28.2. The molecule has 85 heavy (non-hydrogen) atoms. The van der Waals surface area contributed by atoms with Crippen LogP contribution < -0.4 is 0 Å². The zero-order chi connectivity index (χ0) is 62.5. The molecule has 8 fully saturated rings. The number of methoxy groups -OCH3 is 1. The smallest absolute Gasteiger partial charge is 0.397 e. The number of carbonyl (C=O) groups excluding carboxylic acids is 2. The van der Waals surface area contributed by atoms with Crippen molar-refractivity contribution in [2.75, 3.05) is 26.9 Å². The zero-order valence-corrected chi connectivity index (χ0v) is 50.9. The van der Waals surface area contributed by atoms with Crippen LogP contribution in [-0.2, 0) is 90.9 Å². The van der Waals surface area contributed by atoms with Gasteiger partial charge in [0.25, 0.3) is 0 Å². The van der Waals surface area contributed by atoms with Gasteiger partial charge in [-0.15, -0.1) is 0 Å². The molecule has 0 aromatic carbocycles. The van der Waals surface area contributed by atoms with E-state index in [0.29, 0.717) is 51.4 Å². The van der Waals surface area contributed by atoms with Gasteiger partial charge >= 0.3 is 32.7 Å². The Kier molecular flexibility index (Phi) is 19.4. The highest BCUT2D eigenvalue weighted by Crippen LogP contribution is 2.77. The summed E-state index contributed by atoms with van der Waals surface area (Å²) >= 11 is 0. The van der Waals surface area contributed by atoms with Gasteiger partial charge in [0.05, 0.1) is 43.4 Å². The molecule has 5 aliphatic heterocycles. The third-order valence-corrected chi connectivity index (χ3v) is 21.3. The second-order valence-electron chi connectivity index (χ2n) is 26.1. The number of esters is 2. The van der Waals surface area contributed by atoms with Crippen molar-refractivity contribution in [2.24, 2.45) is 39.4 Å². The van der Waals surface area contributed by atoms with Crippen molar-refractivity contribution in [3.05, 3.63) is 23.3 Å². The van der Waals surface area contributed by atoms with Crippen molar-refractivity contribution in [3.8, 4) is 0 Å². The molecule has 9 aliphatic rings. The number of cyclic esters (lactones) is 1. The van der Waals surface area contributed by atoms with Gasteiger partial charge in [-0.05, 0) is 102 Å². The lowest BCUT2D eigenvalue weighted by Crippen LogP contribution is -2.66. The van der Waals surface area contributed by atoms with Crippen LogP contribution >= 0.6 is 0 Å². The SMILES string of the molecule is COC1C(O)C(CO)OC(OC2C(O)COC(OC3C(C)OC(OC4C(OC5CCC6(C)C7CCC89C(=O)OC(C)(CCC=C(C)C)C8C(OC(C)=O)CC9(C)C7=CCC6C5(C)C)OCC(OS(=O)(=O)O)C4O)C(OS(=O)(=O)O)C3O)C2O)C1O. The highest BCUT2D eigenvalue weighted by molar-refractivity contribution is 7.81. The Morgan fingerprint density at radius 1 is 0.729 bits per heavy atom. The number of aliphatic hydroxyl groups is 7. The maximum absolute atomic E-state index is 14.7. The number of ether oxygens (including phenoxy) is 11. The van der Waals surface area contributed by atoms with E-state index in [9.17, 15) is 71.3 Å². The topological polar surface area (TPSA) is 404 Å². The number of carbonyl (C=O) groups is 2. The highest BCUT2D eigenvalue weighted by Gasteiger charge is 2.79. The molecule has 1 spiro atoms. The monoisotopic (exact) mass is 1260 g/mol. The van der Waals surface area contributed by atoms with Crippen LogP contribution in [0.15, 0.2) is 23.3 Å². The lowest BCUT2D eigenvalue weighted by Gasteiger charge is -2.64. The second kappa shape index (κ2) is 24.6. The van der Waals surface area contributed by atoms with Crippen molar-refractivity contribution in [2.45, 2.75) is 242 Å². The summed E-state index contributed by atoms with van der Waals surface area (Å²) in [4.78, 5) is 27.5. The van der Waals surface area contributed by atoms with Crippen LogP contribution in [0.5, 0.6) is 0 Å². The quantitative estimate of drug-likeness (QED) is 0.0511. The molecular formula is C55H86O28S2. The molecule has 4 aliphatic carbocycles. The maximum Gasteiger partial charge on any atom is 0.397 e. The number of hydrogen-bond donors (Lipinski definition) is 9. The molecule has 27 atom stereocenters. The molecule has 28 nitrogen and oxygen atoms in total. The van der Waals surface area contributed by atoms with Gasteiger partial charge < -0.3 is 87.9 Å². The van der Waals surface area contributed by atoms with E-state index < -0.39 is 191 Å². The average Bonchev–Trinajstić information content (AvgIpc) is 1.54. The fourth-order valence-corrected chi connectivity index (χ4v) is 17.5. The molecule has 0 amide bonds. The Bertz CT molecular complexity index is 2730. The largest absolute Gasteiger partial charge is 0.462 e. The van der Waals surface area contributed by atoms with Crippen molar-refractivity contribution < 1.29 is 132 Å². The first-order valence-corrected chi connectivity index (χ1v) is 31.7. The normalized spacial score (nSPS) is 48.0. The predicted molar refractivity (Wildman–Crippen MR) is 286 cm³/mol. The van der Waals surface area contributed by atoms with Crippen LogP contribution in [0.2, 0.25) is 0 Å². The number of allylic oxidation sites excluding steroid dienone is 4. The first-order chi connectivity index (χ1) is 39.5. The minimum Gasteiger partial charge on any atom is -0.462 e. The van der Waals surface area contributed by atoms with E-state index >= 15 is 0 Å². The lowest BCUT2D eigenvalue weighted by atomic mass is 9.41. The standard InChI is InChI=1S/C55H86O28S2/c1-24(2)12-11-17-54(9)45-30(75-26(4)57)20-53(8)28-13-14-33-51(5,6)34(16-18-52(33,7)27(28)15-19-55(45,53)50(64)81-54)77-48-43(36(60)32(23-73-48)82-84(65,66)67)80-49-44(83-85(68,69)70)37(61)40(25(3)74-49)78-46-38(62)41(29(58)22-72-46)79-47-39(63)42(71-10)35(59)31(21-56)76-47/h12-13,25,27,29-49,56,58-63H,11,14-23H2,1-10H3,(H,65,66,67)(H,68,69,70). The Morgan fingerprint density at radius 2 is 1.38 bits per heavy atom. The summed E-state index contributed by atoms with van der Waals surface area (Å²) in [5, 5.41) is 77.4. The third-order valence-electron chi connectivity index (χ3n) is 20.4. The average molecular weight is 1260 g/mol. The van der Waals surface area contributed by atoms with Crippen molar-refractivity contribution in [3.63, 3.8) is 0 Å². The van der Waals surface area contributed by atoms with E-state index in [4.69, 9.17) is 60.5 Å². The fourth-order valence-electron chi connectivity index (χ4n) is 16.5. The minimum atomic E-state index is -5.54. The van der Waals surface area contributed by atoms with Gasteiger partial charge in [0, 0.05) is 19.4 Å². The van der Waals surface area contributed by atoms with Crippen LogP contribution in [0.3, 0.4) is 0 Å². The molecule has 3 saturated carbocycles. The number of rotatable bonds is 18. The highest BCUT2D eigenvalue weighted by atomic mass is 32.3. The van der Waals surface area contributed by atoms with Crippen LogP contribution in [0.1, 0.15) is 114 Å². The van der Waals surface area contributed by atoms with Crippen molar-refractivity contribution >= 4 is 32.7 Å². The molecule has 0 bridgehead atoms. The molecule has 5 heterocycles. The van der Waals surface area contributed by atoms with E-state index in [-0.39, 0.29) is 29.1 Å². The Hall–Kier alpha value is -2.48. The molecular weight excluding hydrogens is 1170 g/mol. The summed E-state index contributed by atoms with van der Waals surface area (Å²) in [7, 11) is -9.63. The third kappa shape index (κ3) is 12.3. The molecule has 5 saturated heterocycles. The van der Waals surface area contributed by atoms with Gasteiger partial charge in [-0.3, -0.25) is 18.7 Å². The molecule has 0 radical (unpaired) electrons. The summed E-state index contributed by atoms with van der Waals surface area (Å²) in [5.41, 5.74) is -1.39. The van der Waals surface area contributed by atoms with Crippen molar-refractivity contribution in [1.29, 1.82) is 0 Å². The molecule has 9 rings (SSSR count). The van der Waals surface area contributed by atoms with Gasteiger partial charge in [-0.25, -0.2) is 8.37 Å². The van der Waals surface area contributed by atoms with Gasteiger partial charge in [-0.1, -0.05) is 51.0 Å². The molecule has 27 unspecified atom stereocenters. The summed E-state index contributed by atoms with van der Waals surface area (Å²) in [5.74, 6) is -1.21. The summed E-state index contributed by atoms with van der Waals surface area (Å²) in [6, 6.07) is 0. The van der Waals surface area contributed by atoms with Crippen LogP contribution in [0.4, 0.5) is 0 Å².